The molecule has 3 atom stereocenters. The number of benzene rings is 1. The summed E-state index contributed by atoms with van der Waals surface area (Å²) in [5.74, 6) is -0.396. The van der Waals surface area contributed by atoms with Crippen molar-refractivity contribution in [2.75, 3.05) is 13.2 Å². The number of esters is 1. The first-order valence-electron chi connectivity index (χ1n) is 7.89. The topological polar surface area (TPSA) is 65.1 Å². The van der Waals surface area contributed by atoms with E-state index >= 15 is 0 Å². The summed E-state index contributed by atoms with van der Waals surface area (Å²) >= 11 is 0. The van der Waals surface area contributed by atoms with Crippen LogP contribution in [-0.4, -0.2) is 42.4 Å². The molecular formula is C17H23NO5. The molecule has 1 saturated heterocycles. The fraction of sp³-hybridized carbons (Fsp3) is 0.529. The van der Waals surface area contributed by atoms with E-state index in [1.807, 2.05) is 37.3 Å². The zero-order chi connectivity index (χ0) is 16.8. The number of nitrogens with zero attached hydrogens (tertiary/aromatic N) is 1. The van der Waals surface area contributed by atoms with Crippen LogP contribution in [0.4, 0.5) is 4.79 Å². The van der Waals surface area contributed by atoms with E-state index in [2.05, 4.69) is 0 Å². The maximum absolute atomic E-state index is 12.3. The van der Waals surface area contributed by atoms with Crippen LogP contribution in [0.2, 0.25) is 0 Å². The number of carbonyl (C=O) groups excluding carboxylic acids is 2. The lowest BCUT2D eigenvalue weighted by molar-refractivity contribution is -0.147. The predicted octanol–water partition coefficient (Wildman–Crippen LogP) is 2.88. The van der Waals surface area contributed by atoms with Crippen LogP contribution in [0.15, 0.2) is 30.3 Å². The minimum absolute atomic E-state index is 0.0136. The van der Waals surface area contributed by atoms with Gasteiger partial charge in [0.2, 0.25) is 0 Å². The molecule has 2 rings (SSSR count). The van der Waals surface area contributed by atoms with Gasteiger partial charge >= 0.3 is 12.1 Å². The van der Waals surface area contributed by atoms with Crippen LogP contribution >= 0.6 is 0 Å². The molecule has 0 aromatic heterocycles. The van der Waals surface area contributed by atoms with Gasteiger partial charge in [0.25, 0.3) is 0 Å². The lowest BCUT2D eigenvalue weighted by Gasteiger charge is -2.25. The molecule has 0 aliphatic carbocycles. The van der Waals surface area contributed by atoms with Gasteiger partial charge in [0, 0.05) is 0 Å². The first kappa shape index (κ1) is 17.3. The van der Waals surface area contributed by atoms with Gasteiger partial charge in [-0.15, -0.1) is 0 Å². The second kappa shape index (κ2) is 7.97. The minimum atomic E-state index is -0.687. The van der Waals surface area contributed by atoms with Gasteiger partial charge in [0.1, 0.15) is 12.3 Å². The molecule has 0 spiro atoms. The van der Waals surface area contributed by atoms with E-state index in [4.69, 9.17) is 14.2 Å². The molecule has 1 aromatic carbocycles. The van der Waals surface area contributed by atoms with E-state index in [1.54, 1.807) is 13.8 Å². The van der Waals surface area contributed by atoms with Crippen molar-refractivity contribution in [3.63, 3.8) is 0 Å². The maximum atomic E-state index is 12.3. The van der Waals surface area contributed by atoms with Crippen molar-refractivity contribution >= 4 is 12.1 Å². The molecule has 23 heavy (non-hydrogen) atoms. The van der Waals surface area contributed by atoms with Crippen LogP contribution in [-0.2, 0) is 19.0 Å². The summed E-state index contributed by atoms with van der Waals surface area (Å²) in [6.45, 7) is 5.94. The Balaban J connectivity index is 2.20. The summed E-state index contributed by atoms with van der Waals surface area (Å²) in [7, 11) is 0. The Hall–Kier alpha value is -2.08. The van der Waals surface area contributed by atoms with E-state index in [0.29, 0.717) is 6.61 Å². The lowest BCUT2D eigenvalue weighted by Crippen LogP contribution is -2.42. The Morgan fingerprint density at radius 2 is 1.78 bits per heavy atom. The summed E-state index contributed by atoms with van der Waals surface area (Å²) in [5, 5.41) is 0. The quantitative estimate of drug-likeness (QED) is 0.780. The molecule has 6 heteroatoms. The molecule has 0 N–H and O–H groups in total. The molecule has 0 saturated carbocycles. The molecule has 126 valence electrons. The molecule has 1 aliphatic rings. The second-order valence-corrected chi connectivity index (χ2v) is 5.28. The molecule has 6 nitrogen and oxygen atoms in total. The predicted molar refractivity (Wildman–Crippen MR) is 83.6 cm³/mol. The van der Waals surface area contributed by atoms with Gasteiger partial charge in [-0.05, 0) is 26.3 Å². The number of hydrogen-bond donors (Lipinski definition) is 0. The van der Waals surface area contributed by atoms with Gasteiger partial charge in [0.05, 0.1) is 25.7 Å². The zero-order valence-electron chi connectivity index (χ0n) is 13.7. The lowest BCUT2D eigenvalue weighted by atomic mass is 10.0. The highest BCUT2D eigenvalue weighted by atomic mass is 16.6. The van der Waals surface area contributed by atoms with Crippen molar-refractivity contribution in [1.29, 1.82) is 0 Å². The van der Waals surface area contributed by atoms with Crippen LogP contribution in [0, 0.1) is 0 Å². The zero-order valence-corrected chi connectivity index (χ0v) is 13.7. The molecule has 1 fully saturated rings. The second-order valence-electron chi connectivity index (χ2n) is 5.28. The van der Waals surface area contributed by atoms with Crippen LogP contribution < -0.4 is 0 Å². The summed E-state index contributed by atoms with van der Waals surface area (Å²) < 4.78 is 16.1. The fourth-order valence-corrected chi connectivity index (χ4v) is 2.75. The van der Waals surface area contributed by atoms with Crippen molar-refractivity contribution in [2.24, 2.45) is 0 Å². The standard InChI is InChI=1S/C17H23NO5/c1-4-21-15(19)11-14-18(17(20)22-5-2)12(3)16(23-14)13-9-7-6-8-10-13/h6-10,12,14,16H,4-5,11H2,1-3H3/t12-,14-,16-/m0/s1. The van der Waals surface area contributed by atoms with Gasteiger partial charge in [-0.1, -0.05) is 30.3 Å². The Bertz CT molecular complexity index is 533. The molecule has 0 radical (unpaired) electrons. The summed E-state index contributed by atoms with van der Waals surface area (Å²) in [6.07, 6.45) is -1.48. The van der Waals surface area contributed by atoms with Gasteiger partial charge in [-0.25, -0.2) is 4.79 Å². The Morgan fingerprint density at radius 1 is 1.13 bits per heavy atom. The number of hydrogen-bond acceptors (Lipinski definition) is 5. The average molecular weight is 321 g/mol. The SMILES string of the molecule is CCOC(=O)C[C@@H]1O[C@H](c2ccccc2)[C@H](C)N1C(=O)OCC. The molecule has 1 heterocycles. The third kappa shape index (κ3) is 4.01. The number of amides is 1. The smallest absolute Gasteiger partial charge is 0.412 e. The Labute approximate surface area is 136 Å². The molecule has 1 aromatic rings. The van der Waals surface area contributed by atoms with Crippen molar-refractivity contribution < 1.29 is 23.8 Å². The molecule has 0 unspecified atom stereocenters. The molecule has 0 bridgehead atoms. The van der Waals surface area contributed by atoms with Crippen molar-refractivity contribution in [2.45, 2.75) is 45.6 Å². The highest BCUT2D eigenvalue weighted by Crippen LogP contribution is 2.36. The fourth-order valence-electron chi connectivity index (χ4n) is 2.75. The number of carbonyl (C=O) groups is 2. The third-order valence-electron chi connectivity index (χ3n) is 3.74. The van der Waals surface area contributed by atoms with E-state index in [-0.39, 0.29) is 25.2 Å². The van der Waals surface area contributed by atoms with Crippen LogP contribution in [0.1, 0.15) is 38.9 Å². The largest absolute Gasteiger partial charge is 0.466 e. The van der Waals surface area contributed by atoms with E-state index in [1.165, 1.54) is 4.90 Å². The van der Waals surface area contributed by atoms with Gasteiger partial charge < -0.3 is 14.2 Å². The van der Waals surface area contributed by atoms with Crippen LogP contribution in [0.3, 0.4) is 0 Å². The van der Waals surface area contributed by atoms with Crippen LogP contribution in [0.5, 0.6) is 0 Å². The Morgan fingerprint density at radius 3 is 2.39 bits per heavy atom. The van der Waals surface area contributed by atoms with E-state index in [9.17, 15) is 9.59 Å². The highest BCUT2D eigenvalue weighted by Gasteiger charge is 2.44. The summed E-state index contributed by atoms with van der Waals surface area (Å²) in [4.78, 5) is 25.5. The third-order valence-corrected chi connectivity index (χ3v) is 3.74. The first-order chi connectivity index (χ1) is 11.1. The number of rotatable bonds is 5. The van der Waals surface area contributed by atoms with Crippen molar-refractivity contribution in [3.8, 4) is 0 Å². The summed E-state index contributed by atoms with van der Waals surface area (Å²) in [5.41, 5.74) is 0.959. The maximum Gasteiger partial charge on any atom is 0.412 e. The first-order valence-corrected chi connectivity index (χ1v) is 7.89. The van der Waals surface area contributed by atoms with Crippen molar-refractivity contribution in [3.05, 3.63) is 35.9 Å². The molecule has 1 aliphatic heterocycles. The normalized spacial score (nSPS) is 23.6. The average Bonchev–Trinajstić information content (AvgIpc) is 2.85. The van der Waals surface area contributed by atoms with Crippen LogP contribution in [0.25, 0.3) is 0 Å². The van der Waals surface area contributed by atoms with Crippen molar-refractivity contribution in [1.82, 2.24) is 4.90 Å². The Kier molecular flexibility index (Phi) is 5.98. The van der Waals surface area contributed by atoms with Gasteiger partial charge in [-0.2, -0.15) is 0 Å². The van der Waals surface area contributed by atoms with Gasteiger partial charge in [0.15, 0.2) is 0 Å². The monoisotopic (exact) mass is 321 g/mol. The molecule has 1 amide bonds. The molecular weight excluding hydrogens is 298 g/mol. The minimum Gasteiger partial charge on any atom is -0.466 e. The van der Waals surface area contributed by atoms with E-state index < -0.39 is 18.3 Å². The van der Waals surface area contributed by atoms with Gasteiger partial charge in [-0.3, -0.25) is 9.69 Å². The number of ether oxygens (including phenoxy) is 3. The van der Waals surface area contributed by atoms with E-state index in [0.717, 1.165) is 5.56 Å². The summed E-state index contributed by atoms with van der Waals surface area (Å²) in [6, 6.07) is 9.39. The highest BCUT2D eigenvalue weighted by molar-refractivity contribution is 5.73.